The summed E-state index contributed by atoms with van der Waals surface area (Å²) in [4.78, 5) is 15.4. The Balaban J connectivity index is 1.38. The lowest BCUT2D eigenvalue weighted by Gasteiger charge is -2.25. The maximum atomic E-state index is 13.8. The van der Waals surface area contributed by atoms with Gasteiger partial charge in [-0.2, -0.15) is 17.2 Å². The van der Waals surface area contributed by atoms with Gasteiger partial charge in [0.2, 0.25) is 0 Å². The summed E-state index contributed by atoms with van der Waals surface area (Å²) in [5.74, 6) is -1.94. The molecule has 2 fully saturated rings. The first kappa shape index (κ1) is 28.7. The van der Waals surface area contributed by atoms with Gasteiger partial charge in [0.25, 0.3) is 0 Å². The Morgan fingerprint density at radius 1 is 0.950 bits per heavy atom. The molecule has 0 spiro atoms. The molecule has 1 N–H and O–H groups in total. The molecule has 4 unspecified atom stereocenters. The predicted octanol–water partition coefficient (Wildman–Crippen LogP) is 5.95. The summed E-state index contributed by atoms with van der Waals surface area (Å²) in [5.41, 5.74) is 0.888. The number of rotatable bonds is 8. The molecule has 212 valence electrons. The number of alkyl halides is 2. The molecular weight excluding hydrogens is 562 g/mol. The summed E-state index contributed by atoms with van der Waals surface area (Å²) in [6.07, 6.45) is 0.966. The largest absolute Gasteiger partial charge is 0.451 e. The van der Waals surface area contributed by atoms with Crippen molar-refractivity contribution in [3.05, 3.63) is 90.0 Å². The van der Waals surface area contributed by atoms with E-state index in [4.69, 9.17) is 14.0 Å². The molecule has 2 aliphatic rings. The smallest absolute Gasteiger partial charge is 0.405 e. The van der Waals surface area contributed by atoms with Crippen molar-refractivity contribution >= 4 is 27.0 Å². The van der Waals surface area contributed by atoms with Crippen molar-refractivity contribution in [2.24, 2.45) is 0 Å². The van der Waals surface area contributed by atoms with Gasteiger partial charge in [-0.25, -0.2) is 4.79 Å². The lowest BCUT2D eigenvalue weighted by atomic mass is 10.1. The van der Waals surface area contributed by atoms with E-state index in [0.29, 0.717) is 6.92 Å². The molecule has 11 heteroatoms. The molecular formula is C29H29F2O7S2+. The van der Waals surface area contributed by atoms with Crippen LogP contribution in [0.5, 0.6) is 0 Å². The van der Waals surface area contributed by atoms with Gasteiger partial charge in [-0.3, -0.25) is 4.55 Å². The molecule has 0 amide bonds. The molecule has 0 aromatic heterocycles. The number of benzene rings is 3. The highest BCUT2D eigenvalue weighted by molar-refractivity contribution is 7.97. The minimum absolute atomic E-state index is 0.0392. The Labute approximate surface area is 234 Å². The second-order valence-corrected chi connectivity index (χ2v) is 13.5. The van der Waals surface area contributed by atoms with Crippen LogP contribution in [0.15, 0.2) is 93.5 Å². The van der Waals surface area contributed by atoms with E-state index in [1.165, 1.54) is 12.1 Å². The predicted molar refractivity (Wildman–Crippen MR) is 144 cm³/mol. The first-order chi connectivity index (χ1) is 18.9. The number of carbonyl (C=O) groups excluding carboxylic acids is 1. The summed E-state index contributed by atoms with van der Waals surface area (Å²) in [7, 11) is -6.32. The standard InChI is InChI=1S/C29H28F2O7S2/c1-19(29(30,31)40(33,34)35)36-27(32)20-11-15-23(16-12-20)39(22-7-4-3-5-8-22)24-17-13-21(14-18-24)28(2)37-25-9-6-10-26(25)38-28/h3-5,7-8,11-19,25-26H,6,9-10H2,1-2H3/p+1. The van der Waals surface area contributed by atoms with E-state index in [2.05, 4.69) is 4.74 Å². The number of hydrogen-bond donors (Lipinski definition) is 1. The average molecular weight is 592 g/mol. The number of esters is 1. The molecule has 3 aromatic carbocycles. The van der Waals surface area contributed by atoms with E-state index < -0.39 is 44.1 Å². The summed E-state index contributed by atoms with van der Waals surface area (Å²) in [6, 6.07) is 24.1. The van der Waals surface area contributed by atoms with Crippen LogP contribution in [0.1, 0.15) is 49.0 Å². The molecule has 1 heterocycles. The Hall–Kier alpha value is -2.83. The minimum atomic E-state index is -5.75. The van der Waals surface area contributed by atoms with Gasteiger partial charge in [-0.15, -0.1) is 0 Å². The van der Waals surface area contributed by atoms with Gasteiger partial charge < -0.3 is 14.2 Å². The fourth-order valence-corrected chi connectivity index (χ4v) is 7.53. The van der Waals surface area contributed by atoms with Gasteiger partial charge in [0.15, 0.2) is 26.6 Å². The van der Waals surface area contributed by atoms with Gasteiger partial charge in [0, 0.05) is 5.56 Å². The van der Waals surface area contributed by atoms with E-state index >= 15 is 0 Å². The SMILES string of the molecule is CC(OC(=O)c1ccc([S+](c2ccccc2)c2ccc(C3(C)OC4CCCC4O3)cc2)cc1)C(F)(F)S(=O)(=O)O. The van der Waals surface area contributed by atoms with Crippen LogP contribution >= 0.6 is 0 Å². The first-order valence-electron chi connectivity index (χ1n) is 12.8. The quantitative estimate of drug-likeness (QED) is 0.196. The fraction of sp³-hybridized carbons (Fsp3) is 0.345. The number of hydrogen-bond acceptors (Lipinski definition) is 6. The van der Waals surface area contributed by atoms with Crippen LogP contribution in [-0.4, -0.2) is 42.5 Å². The summed E-state index contributed by atoms with van der Waals surface area (Å²) < 4.78 is 75.5. The number of ether oxygens (including phenoxy) is 3. The molecule has 0 radical (unpaired) electrons. The average Bonchev–Trinajstić information content (AvgIpc) is 3.49. The third-order valence-electron chi connectivity index (χ3n) is 7.16. The monoisotopic (exact) mass is 591 g/mol. The topological polar surface area (TPSA) is 99.1 Å². The van der Waals surface area contributed by atoms with Crippen LogP contribution in [-0.2, 0) is 41.0 Å². The van der Waals surface area contributed by atoms with Crippen molar-refractivity contribution in [1.29, 1.82) is 0 Å². The van der Waals surface area contributed by atoms with E-state index in [-0.39, 0.29) is 17.8 Å². The molecule has 0 bridgehead atoms. The molecule has 7 nitrogen and oxygen atoms in total. The zero-order valence-electron chi connectivity index (χ0n) is 21.8. The van der Waals surface area contributed by atoms with Crippen LogP contribution in [0, 0.1) is 0 Å². The highest BCUT2D eigenvalue weighted by Crippen LogP contribution is 2.44. The van der Waals surface area contributed by atoms with Crippen molar-refractivity contribution < 1.29 is 40.8 Å². The van der Waals surface area contributed by atoms with Crippen LogP contribution in [0.2, 0.25) is 0 Å². The van der Waals surface area contributed by atoms with E-state index in [1.54, 1.807) is 12.1 Å². The Bertz CT molecular complexity index is 1450. The zero-order valence-corrected chi connectivity index (χ0v) is 23.5. The normalized spacial score (nSPS) is 24.3. The second kappa shape index (κ2) is 10.9. The van der Waals surface area contributed by atoms with Crippen molar-refractivity contribution in [3.8, 4) is 0 Å². The van der Waals surface area contributed by atoms with E-state index in [9.17, 15) is 22.0 Å². The Morgan fingerprint density at radius 3 is 1.98 bits per heavy atom. The fourth-order valence-electron chi connectivity index (χ4n) is 5.00. The van der Waals surface area contributed by atoms with Gasteiger partial charge in [0.1, 0.15) is 0 Å². The minimum Gasteiger partial charge on any atom is -0.451 e. The first-order valence-corrected chi connectivity index (χ1v) is 15.5. The number of fused-ring (bicyclic) bond motifs is 1. The molecule has 1 saturated carbocycles. The van der Waals surface area contributed by atoms with E-state index in [1.807, 2.05) is 61.5 Å². The third kappa shape index (κ3) is 5.53. The Morgan fingerprint density at radius 2 is 1.45 bits per heavy atom. The molecule has 1 saturated heterocycles. The van der Waals surface area contributed by atoms with Crippen molar-refractivity contribution in [2.75, 3.05) is 0 Å². The second-order valence-electron chi connectivity index (χ2n) is 9.94. The molecule has 3 aromatic rings. The molecule has 1 aliphatic carbocycles. The van der Waals surface area contributed by atoms with Gasteiger partial charge in [-0.1, -0.05) is 18.2 Å². The highest BCUT2D eigenvalue weighted by Gasteiger charge is 2.52. The highest BCUT2D eigenvalue weighted by atomic mass is 32.2. The molecule has 4 atom stereocenters. The molecule has 40 heavy (non-hydrogen) atoms. The van der Waals surface area contributed by atoms with Gasteiger partial charge in [-0.05, 0) is 93.8 Å². The van der Waals surface area contributed by atoms with Crippen molar-refractivity contribution in [1.82, 2.24) is 0 Å². The van der Waals surface area contributed by atoms with Crippen molar-refractivity contribution in [3.63, 3.8) is 0 Å². The lowest BCUT2D eigenvalue weighted by Crippen LogP contribution is -2.42. The van der Waals surface area contributed by atoms with Crippen LogP contribution in [0.3, 0.4) is 0 Å². The Kier molecular flexibility index (Phi) is 7.79. The maximum absolute atomic E-state index is 13.8. The van der Waals surface area contributed by atoms with Crippen molar-refractivity contribution in [2.45, 2.75) is 77.1 Å². The maximum Gasteiger partial charge on any atom is 0.405 e. The lowest BCUT2D eigenvalue weighted by molar-refractivity contribution is -0.174. The van der Waals surface area contributed by atoms with Crippen LogP contribution in [0.4, 0.5) is 8.78 Å². The summed E-state index contributed by atoms with van der Waals surface area (Å²) in [5, 5.41) is -4.64. The summed E-state index contributed by atoms with van der Waals surface area (Å²) in [6.45, 7) is 2.65. The number of halogens is 2. The van der Waals surface area contributed by atoms with Crippen LogP contribution < -0.4 is 0 Å². The van der Waals surface area contributed by atoms with Crippen LogP contribution in [0.25, 0.3) is 0 Å². The van der Waals surface area contributed by atoms with Gasteiger partial charge >= 0.3 is 21.3 Å². The van der Waals surface area contributed by atoms with E-state index in [0.717, 1.165) is 39.5 Å². The number of carbonyl (C=O) groups is 1. The summed E-state index contributed by atoms with van der Waals surface area (Å²) >= 11 is 0. The zero-order chi connectivity index (χ0) is 28.7. The molecule has 5 rings (SSSR count). The third-order valence-corrected chi connectivity index (χ3v) is 10.4. The molecule has 1 aliphatic heterocycles. The van der Waals surface area contributed by atoms with Gasteiger partial charge in [0.05, 0.1) is 28.7 Å².